The summed E-state index contributed by atoms with van der Waals surface area (Å²) in [7, 11) is 0. The van der Waals surface area contributed by atoms with Crippen molar-refractivity contribution in [3.05, 3.63) is 65.4 Å². The molecular weight excluding hydrogens is 358 g/mol. The number of likely N-dealkylation sites (tertiary alicyclic amines) is 1. The van der Waals surface area contributed by atoms with E-state index in [0.29, 0.717) is 13.0 Å². The average molecular weight is 379 g/mol. The molecule has 0 radical (unpaired) electrons. The summed E-state index contributed by atoms with van der Waals surface area (Å²) >= 11 is 1.58. The molecule has 0 saturated carbocycles. The zero-order valence-corrected chi connectivity index (χ0v) is 16.0. The van der Waals surface area contributed by atoms with Crippen LogP contribution in [-0.4, -0.2) is 40.0 Å². The quantitative estimate of drug-likeness (QED) is 0.678. The number of carbonyl (C=O) groups is 1. The molecule has 27 heavy (non-hydrogen) atoms. The van der Waals surface area contributed by atoms with Gasteiger partial charge in [0.05, 0.1) is 24.9 Å². The van der Waals surface area contributed by atoms with E-state index in [9.17, 15) is 4.79 Å². The topological polar surface area (TPSA) is 55.3 Å². The molecule has 1 unspecified atom stereocenters. The largest absolute Gasteiger partial charge is 0.487 e. The van der Waals surface area contributed by atoms with E-state index in [4.69, 9.17) is 4.74 Å². The van der Waals surface area contributed by atoms with Gasteiger partial charge >= 0.3 is 0 Å². The molecule has 6 heteroatoms. The molecule has 1 fully saturated rings. The van der Waals surface area contributed by atoms with Crippen LogP contribution < -0.4 is 4.74 Å². The van der Waals surface area contributed by atoms with Gasteiger partial charge in [0.25, 0.3) is 0 Å². The number of nitrogens with zero attached hydrogens (tertiary/aromatic N) is 3. The van der Waals surface area contributed by atoms with Crippen molar-refractivity contribution >= 4 is 17.2 Å². The van der Waals surface area contributed by atoms with E-state index >= 15 is 0 Å². The predicted octanol–water partition coefficient (Wildman–Crippen LogP) is 3.74. The third kappa shape index (κ3) is 4.34. The lowest BCUT2D eigenvalue weighted by atomic mass is 10.1. The van der Waals surface area contributed by atoms with E-state index in [2.05, 4.69) is 35.1 Å². The molecule has 5 nitrogen and oxygen atoms in total. The lowest BCUT2D eigenvalue weighted by Gasteiger charge is -2.16. The van der Waals surface area contributed by atoms with Crippen LogP contribution in [-0.2, 0) is 11.2 Å². The van der Waals surface area contributed by atoms with Gasteiger partial charge in [-0.1, -0.05) is 23.8 Å². The smallest absolute Gasteiger partial charge is 0.228 e. The monoisotopic (exact) mass is 379 g/mol. The summed E-state index contributed by atoms with van der Waals surface area (Å²) in [5.74, 6) is 0.854. The molecule has 3 aromatic rings. The third-order valence-electron chi connectivity index (χ3n) is 4.58. The normalized spacial score (nSPS) is 16.5. The molecule has 0 N–H and O–H groups in total. The molecule has 4 rings (SSSR count). The molecule has 2 aromatic heterocycles. The summed E-state index contributed by atoms with van der Waals surface area (Å²) in [6.07, 6.45) is 4.62. The highest BCUT2D eigenvalue weighted by Crippen LogP contribution is 2.25. The predicted molar refractivity (Wildman–Crippen MR) is 106 cm³/mol. The Balaban J connectivity index is 1.35. The van der Waals surface area contributed by atoms with Gasteiger partial charge in [-0.2, -0.15) is 0 Å². The number of hydrogen-bond donors (Lipinski definition) is 0. The average Bonchev–Trinajstić information content (AvgIpc) is 3.32. The van der Waals surface area contributed by atoms with Crippen molar-refractivity contribution in [3.8, 4) is 16.3 Å². The fourth-order valence-corrected chi connectivity index (χ4v) is 4.04. The number of aromatic nitrogens is 2. The zero-order valence-electron chi connectivity index (χ0n) is 15.2. The molecule has 0 bridgehead atoms. The number of ether oxygens (including phenoxy) is 1. The summed E-state index contributed by atoms with van der Waals surface area (Å²) in [6.45, 7) is 3.40. The summed E-state index contributed by atoms with van der Waals surface area (Å²) in [6, 6.07) is 12.0. The number of thiazole rings is 1. The molecule has 3 heterocycles. The first-order valence-electron chi connectivity index (χ1n) is 9.03. The molecule has 0 spiro atoms. The van der Waals surface area contributed by atoms with Crippen molar-refractivity contribution in [2.24, 2.45) is 0 Å². The Kier molecular flexibility index (Phi) is 5.16. The maximum atomic E-state index is 12.6. The first kappa shape index (κ1) is 17.7. The highest BCUT2D eigenvalue weighted by molar-refractivity contribution is 7.13. The Labute approximate surface area is 162 Å². The van der Waals surface area contributed by atoms with Crippen LogP contribution in [0.2, 0.25) is 0 Å². The molecule has 1 saturated heterocycles. The van der Waals surface area contributed by atoms with Crippen LogP contribution in [0.5, 0.6) is 5.75 Å². The number of amides is 1. The number of benzene rings is 1. The Hall–Kier alpha value is -2.73. The van der Waals surface area contributed by atoms with E-state index in [1.165, 1.54) is 5.56 Å². The second kappa shape index (κ2) is 7.88. The van der Waals surface area contributed by atoms with Gasteiger partial charge in [0.1, 0.15) is 16.9 Å². The minimum absolute atomic E-state index is 0.0245. The van der Waals surface area contributed by atoms with Gasteiger partial charge in [0.15, 0.2) is 0 Å². The fourth-order valence-electron chi connectivity index (χ4n) is 3.23. The van der Waals surface area contributed by atoms with Crippen LogP contribution in [0.1, 0.15) is 17.7 Å². The van der Waals surface area contributed by atoms with Crippen LogP contribution >= 0.6 is 11.3 Å². The number of carbonyl (C=O) groups excluding carboxylic acids is 1. The van der Waals surface area contributed by atoms with Gasteiger partial charge in [0, 0.05) is 30.1 Å². The number of aryl methyl sites for hydroxylation is 1. The second-order valence-corrected chi connectivity index (χ2v) is 7.61. The summed E-state index contributed by atoms with van der Waals surface area (Å²) in [5, 5.41) is 2.94. The summed E-state index contributed by atoms with van der Waals surface area (Å²) in [5.41, 5.74) is 3.14. The number of pyridine rings is 1. The molecule has 1 aliphatic heterocycles. The van der Waals surface area contributed by atoms with Crippen molar-refractivity contribution in [1.29, 1.82) is 0 Å². The first-order chi connectivity index (χ1) is 13.2. The molecule has 138 valence electrons. The van der Waals surface area contributed by atoms with Gasteiger partial charge in [-0.15, -0.1) is 11.3 Å². The molecule has 1 atom stereocenters. The van der Waals surface area contributed by atoms with Gasteiger partial charge in [-0.05, 0) is 25.1 Å². The lowest BCUT2D eigenvalue weighted by Crippen LogP contribution is -2.32. The van der Waals surface area contributed by atoms with Gasteiger partial charge in [-0.25, -0.2) is 4.98 Å². The van der Waals surface area contributed by atoms with Crippen LogP contribution in [0, 0.1) is 6.92 Å². The van der Waals surface area contributed by atoms with E-state index < -0.39 is 0 Å². The van der Waals surface area contributed by atoms with Crippen LogP contribution in [0.4, 0.5) is 0 Å². The highest BCUT2D eigenvalue weighted by atomic mass is 32.1. The second-order valence-electron chi connectivity index (χ2n) is 6.75. The molecular formula is C21H21N3O2S. The Bertz CT molecular complexity index is 926. The summed E-state index contributed by atoms with van der Waals surface area (Å²) < 4.78 is 5.91. The molecule has 0 aliphatic carbocycles. The first-order valence-corrected chi connectivity index (χ1v) is 9.91. The molecule has 1 aliphatic rings. The fraction of sp³-hybridized carbons (Fsp3) is 0.286. The number of rotatable bonds is 5. The van der Waals surface area contributed by atoms with Crippen molar-refractivity contribution in [1.82, 2.24) is 14.9 Å². The van der Waals surface area contributed by atoms with Crippen molar-refractivity contribution in [3.63, 3.8) is 0 Å². The molecule has 1 amide bonds. The maximum absolute atomic E-state index is 12.6. The SMILES string of the molecule is Cc1cccc(-c2nc(CC(=O)N3CCC(Oc4cccnc4)C3)cs2)c1. The Morgan fingerprint density at radius 3 is 3.07 bits per heavy atom. The summed E-state index contributed by atoms with van der Waals surface area (Å²) in [4.78, 5) is 23.2. The van der Waals surface area contributed by atoms with Crippen molar-refractivity contribution < 1.29 is 9.53 Å². The number of hydrogen-bond acceptors (Lipinski definition) is 5. The Morgan fingerprint density at radius 1 is 1.33 bits per heavy atom. The van der Waals surface area contributed by atoms with E-state index in [0.717, 1.165) is 35.0 Å². The minimum atomic E-state index is 0.0245. The Morgan fingerprint density at radius 2 is 2.26 bits per heavy atom. The van der Waals surface area contributed by atoms with Gasteiger partial charge in [0.2, 0.25) is 5.91 Å². The standard InChI is InChI=1S/C21H21N3O2S/c1-15-4-2-5-16(10-15)21-23-17(14-27-21)11-20(25)24-9-7-19(13-24)26-18-6-3-8-22-12-18/h2-6,8,10,12,14,19H,7,9,11,13H2,1H3. The van der Waals surface area contributed by atoms with Crippen LogP contribution in [0.3, 0.4) is 0 Å². The molecule has 1 aromatic carbocycles. The van der Waals surface area contributed by atoms with Crippen molar-refractivity contribution in [2.75, 3.05) is 13.1 Å². The van der Waals surface area contributed by atoms with E-state index in [-0.39, 0.29) is 12.0 Å². The van der Waals surface area contributed by atoms with Crippen LogP contribution in [0.15, 0.2) is 54.2 Å². The zero-order chi connectivity index (χ0) is 18.6. The lowest BCUT2D eigenvalue weighted by molar-refractivity contribution is -0.129. The van der Waals surface area contributed by atoms with E-state index in [1.54, 1.807) is 23.7 Å². The van der Waals surface area contributed by atoms with Gasteiger partial charge in [-0.3, -0.25) is 9.78 Å². The van der Waals surface area contributed by atoms with Crippen molar-refractivity contribution in [2.45, 2.75) is 25.9 Å². The minimum Gasteiger partial charge on any atom is -0.487 e. The maximum Gasteiger partial charge on any atom is 0.228 e. The van der Waals surface area contributed by atoms with E-state index in [1.807, 2.05) is 28.5 Å². The highest BCUT2D eigenvalue weighted by Gasteiger charge is 2.28. The third-order valence-corrected chi connectivity index (χ3v) is 5.52. The van der Waals surface area contributed by atoms with Gasteiger partial charge < -0.3 is 9.64 Å². The van der Waals surface area contributed by atoms with Crippen LogP contribution in [0.25, 0.3) is 10.6 Å².